The molecule has 2 aromatic rings. The highest BCUT2D eigenvalue weighted by Gasteiger charge is 2.33. The number of thiazole rings is 1. The molecule has 0 spiro atoms. The Bertz CT molecular complexity index is 1430. The predicted octanol–water partition coefficient (Wildman–Crippen LogP) is 1.96. The molecule has 1 amide bonds. The first-order valence-electron chi connectivity index (χ1n) is 10.9. The Kier molecular flexibility index (Phi) is 7.86. The van der Waals surface area contributed by atoms with Crippen molar-refractivity contribution in [2.45, 2.75) is 31.8 Å². The van der Waals surface area contributed by atoms with E-state index in [0.29, 0.717) is 38.1 Å². The molecule has 8 nitrogen and oxygen atoms in total. The number of thioether (sulfide) groups is 2. The Balaban J connectivity index is 1.79. The van der Waals surface area contributed by atoms with Crippen LogP contribution in [0.2, 0.25) is 0 Å². The fourth-order valence-electron chi connectivity index (χ4n) is 3.82. The molecule has 1 saturated heterocycles. The number of hydrogen-bond acceptors (Lipinski definition) is 9. The van der Waals surface area contributed by atoms with Gasteiger partial charge in [0.05, 0.1) is 15.2 Å². The van der Waals surface area contributed by atoms with E-state index in [0.717, 1.165) is 21.2 Å². The van der Waals surface area contributed by atoms with Gasteiger partial charge in [-0.2, -0.15) is 0 Å². The SMILES string of the molecule is CCN1C(=O)/C(=c2/sc(=CC=C3Sc4cc(CNC)ccc4N3CC(=O)O)c(=O)n2CC)SC1=S. The number of carbonyl (C=O) groups excluding carboxylic acids is 1. The van der Waals surface area contributed by atoms with Gasteiger partial charge < -0.3 is 15.3 Å². The number of nitrogens with one attached hydrogen (secondary N) is 1. The zero-order valence-corrected chi connectivity index (χ0v) is 22.6. The van der Waals surface area contributed by atoms with Crippen LogP contribution in [0.5, 0.6) is 0 Å². The van der Waals surface area contributed by atoms with Crippen molar-refractivity contribution in [3.8, 4) is 0 Å². The van der Waals surface area contributed by atoms with Crippen LogP contribution in [0.15, 0.2) is 39.0 Å². The fourth-order valence-corrected chi connectivity index (χ4v) is 7.60. The van der Waals surface area contributed by atoms with Crippen molar-refractivity contribution in [3.63, 3.8) is 0 Å². The summed E-state index contributed by atoms with van der Waals surface area (Å²) in [4.78, 5) is 42.2. The summed E-state index contributed by atoms with van der Waals surface area (Å²) in [5.41, 5.74) is 1.74. The lowest BCUT2D eigenvalue weighted by molar-refractivity contribution is -0.135. The van der Waals surface area contributed by atoms with Gasteiger partial charge in [-0.05, 0) is 50.7 Å². The Morgan fingerprint density at radius 3 is 2.54 bits per heavy atom. The monoisotopic (exact) mass is 548 g/mol. The minimum absolute atomic E-state index is 0.178. The van der Waals surface area contributed by atoms with Crippen molar-refractivity contribution >= 4 is 79.9 Å². The van der Waals surface area contributed by atoms with E-state index in [4.69, 9.17) is 12.2 Å². The van der Waals surface area contributed by atoms with Crippen LogP contribution in [0.25, 0.3) is 11.0 Å². The number of carbonyl (C=O) groups is 2. The van der Waals surface area contributed by atoms with Crippen LogP contribution in [-0.2, 0) is 22.7 Å². The van der Waals surface area contributed by atoms with E-state index in [2.05, 4.69) is 5.32 Å². The number of carboxylic acids is 1. The van der Waals surface area contributed by atoms with E-state index in [9.17, 15) is 19.5 Å². The van der Waals surface area contributed by atoms with Gasteiger partial charge in [-0.1, -0.05) is 41.8 Å². The van der Waals surface area contributed by atoms with Crippen molar-refractivity contribution in [1.82, 2.24) is 14.8 Å². The van der Waals surface area contributed by atoms with Crippen molar-refractivity contribution in [2.75, 3.05) is 25.0 Å². The zero-order chi connectivity index (χ0) is 25.3. The predicted molar refractivity (Wildman–Crippen MR) is 147 cm³/mol. The minimum Gasteiger partial charge on any atom is -0.480 e. The number of carboxylic acid groups (broad SMARTS) is 1. The molecule has 0 unspecified atom stereocenters. The molecule has 4 rings (SSSR count). The normalized spacial score (nSPS) is 18.8. The van der Waals surface area contributed by atoms with Crippen molar-refractivity contribution in [1.29, 1.82) is 0 Å². The summed E-state index contributed by atoms with van der Waals surface area (Å²) in [5.74, 6) is -1.12. The second kappa shape index (κ2) is 10.7. The Hall–Kier alpha value is -2.38. The average molecular weight is 549 g/mol. The molecular weight excluding hydrogens is 525 g/mol. The highest BCUT2D eigenvalue weighted by molar-refractivity contribution is 8.30. The van der Waals surface area contributed by atoms with E-state index in [-0.39, 0.29) is 18.0 Å². The van der Waals surface area contributed by atoms with Gasteiger partial charge in [0.1, 0.15) is 20.4 Å². The number of thiocarbonyl (C=S) groups is 1. The number of amides is 1. The van der Waals surface area contributed by atoms with Crippen LogP contribution < -0.4 is 25.0 Å². The molecule has 1 aromatic heterocycles. The molecule has 0 atom stereocenters. The fraction of sp³-hybridized carbons (Fsp3) is 0.304. The number of hydrogen-bond donors (Lipinski definition) is 2. The lowest BCUT2D eigenvalue weighted by atomic mass is 10.2. The lowest BCUT2D eigenvalue weighted by Crippen LogP contribution is -2.33. The summed E-state index contributed by atoms with van der Waals surface area (Å²) < 4.78 is 3.15. The Morgan fingerprint density at radius 1 is 1.14 bits per heavy atom. The number of anilines is 1. The van der Waals surface area contributed by atoms with Crippen LogP contribution in [0, 0.1) is 0 Å². The molecule has 3 heterocycles. The molecule has 2 N–H and O–H groups in total. The highest BCUT2D eigenvalue weighted by atomic mass is 32.2. The number of rotatable bonds is 7. The third kappa shape index (κ3) is 4.98. The van der Waals surface area contributed by atoms with E-state index in [1.807, 2.05) is 39.1 Å². The second-order valence-corrected chi connectivity index (χ2v) is 11.4. The zero-order valence-electron chi connectivity index (χ0n) is 19.4. The summed E-state index contributed by atoms with van der Waals surface area (Å²) >= 11 is 9.27. The maximum absolute atomic E-state index is 13.1. The van der Waals surface area contributed by atoms with Crippen LogP contribution >= 0.6 is 47.1 Å². The number of allylic oxidation sites excluding steroid dienone is 1. The highest BCUT2D eigenvalue weighted by Crippen LogP contribution is 2.46. The summed E-state index contributed by atoms with van der Waals surface area (Å²) in [7, 11) is 1.87. The van der Waals surface area contributed by atoms with Gasteiger partial charge in [-0.15, -0.1) is 11.3 Å². The topological polar surface area (TPSA) is 94.9 Å². The van der Waals surface area contributed by atoms with Crippen molar-refractivity contribution < 1.29 is 14.7 Å². The van der Waals surface area contributed by atoms with E-state index >= 15 is 0 Å². The summed E-state index contributed by atoms with van der Waals surface area (Å²) in [5, 5.41) is 13.3. The quantitative estimate of drug-likeness (QED) is 0.504. The Morgan fingerprint density at radius 2 is 1.91 bits per heavy atom. The molecule has 2 aliphatic rings. The molecule has 0 aliphatic carbocycles. The van der Waals surface area contributed by atoms with Crippen molar-refractivity contribution in [3.05, 3.63) is 54.4 Å². The number of aromatic nitrogens is 1. The van der Waals surface area contributed by atoms with E-state index in [1.54, 1.807) is 21.6 Å². The van der Waals surface area contributed by atoms with Gasteiger partial charge in [-0.25, -0.2) is 0 Å². The molecule has 1 fully saturated rings. The van der Waals surface area contributed by atoms with Gasteiger partial charge in [-0.3, -0.25) is 23.9 Å². The van der Waals surface area contributed by atoms with Gasteiger partial charge >= 0.3 is 5.97 Å². The number of benzene rings is 1. The summed E-state index contributed by atoms with van der Waals surface area (Å²) in [6.07, 6.45) is 3.49. The summed E-state index contributed by atoms with van der Waals surface area (Å²) in [6.45, 7) is 5.15. The molecule has 0 bridgehead atoms. The summed E-state index contributed by atoms with van der Waals surface area (Å²) in [6, 6.07) is 5.94. The van der Waals surface area contributed by atoms with Crippen LogP contribution in [-0.4, -0.2) is 50.9 Å². The third-order valence-electron chi connectivity index (χ3n) is 5.43. The largest absolute Gasteiger partial charge is 0.480 e. The van der Waals surface area contributed by atoms with Crippen molar-refractivity contribution in [2.24, 2.45) is 0 Å². The van der Waals surface area contributed by atoms with Gasteiger partial charge in [0.25, 0.3) is 11.5 Å². The number of fused-ring (bicyclic) bond motifs is 1. The van der Waals surface area contributed by atoms with Gasteiger partial charge in [0, 0.05) is 24.5 Å². The first kappa shape index (κ1) is 25.7. The number of aliphatic carboxylic acids is 1. The van der Waals surface area contributed by atoms with Crippen LogP contribution in [0.1, 0.15) is 19.4 Å². The minimum atomic E-state index is -0.944. The van der Waals surface area contributed by atoms with Gasteiger partial charge in [0.15, 0.2) is 0 Å². The van der Waals surface area contributed by atoms with Gasteiger partial charge in [0.2, 0.25) is 0 Å². The number of nitrogens with zero attached hydrogens (tertiary/aromatic N) is 3. The van der Waals surface area contributed by atoms with E-state index in [1.165, 1.54) is 39.8 Å². The molecule has 184 valence electrons. The average Bonchev–Trinajstić information content (AvgIpc) is 3.42. The first-order valence-corrected chi connectivity index (χ1v) is 13.8. The molecular formula is C23H24N4O4S4. The van der Waals surface area contributed by atoms with Crippen LogP contribution in [0.4, 0.5) is 5.69 Å². The molecule has 1 aromatic carbocycles. The second-order valence-electron chi connectivity index (χ2n) is 7.65. The first-order chi connectivity index (χ1) is 16.8. The molecule has 12 heteroatoms. The molecule has 0 saturated carbocycles. The standard InChI is InChI=1S/C23H24N4O4S4/c1-4-25-20(30)15(34-22(25)19-21(31)26(5-2)23(32)35-19)8-9-17-27(12-18(28)29)14-7-6-13(11-24-3)10-16(14)33-17/h6-10,24H,4-5,11-12H2,1-3H3,(H,28,29)/b15-8?,17-9?,22-19-. The smallest absolute Gasteiger partial charge is 0.323 e. The Labute approximate surface area is 220 Å². The maximum atomic E-state index is 13.1. The molecule has 2 aliphatic heterocycles. The van der Waals surface area contributed by atoms with Crippen LogP contribution in [0.3, 0.4) is 0 Å². The van der Waals surface area contributed by atoms with E-state index < -0.39 is 5.97 Å². The lowest BCUT2D eigenvalue weighted by Gasteiger charge is -2.17. The maximum Gasteiger partial charge on any atom is 0.323 e. The molecule has 35 heavy (non-hydrogen) atoms. The third-order valence-corrected chi connectivity index (χ3v) is 9.26. The molecule has 0 radical (unpaired) electrons.